The molecule has 0 aliphatic heterocycles. The summed E-state index contributed by atoms with van der Waals surface area (Å²) in [4.78, 5) is 17.8. The molecule has 106 valence electrons. The largest absolute Gasteiger partial charge is 0.497 e. The molecule has 1 aromatic carbocycles. The van der Waals surface area contributed by atoms with E-state index in [1.165, 1.54) is 16.2 Å². The Morgan fingerprint density at radius 1 is 1.55 bits per heavy atom. The Kier molecular flexibility index (Phi) is 4.70. The van der Waals surface area contributed by atoms with Gasteiger partial charge in [0.2, 0.25) is 0 Å². The number of amides is 1. The number of nitrogens with zero attached hydrogens (tertiary/aromatic N) is 2. The van der Waals surface area contributed by atoms with Crippen LogP contribution in [0.2, 0.25) is 0 Å². The van der Waals surface area contributed by atoms with Crippen LogP contribution in [-0.4, -0.2) is 35.1 Å². The second kappa shape index (κ2) is 6.49. The van der Waals surface area contributed by atoms with Gasteiger partial charge in [0.05, 0.1) is 13.7 Å². The first-order valence-electron chi connectivity index (χ1n) is 6.07. The van der Waals surface area contributed by atoms with Gasteiger partial charge in [0.15, 0.2) is 6.10 Å². The van der Waals surface area contributed by atoms with Crippen molar-refractivity contribution in [2.45, 2.75) is 12.6 Å². The molecular formula is C14H16N2O3S. The van der Waals surface area contributed by atoms with Crippen LogP contribution in [0.1, 0.15) is 16.7 Å². The molecule has 0 saturated heterocycles. The number of likely N-dealkylation sites (N-methyl/N-ethyl adjacent to an activating group) is 1. The molecule has 0 aliphatic rings. The fourth-order valence-corrected chi connectivity index (χ4v) is 2.44. The lowest BCUT2D eigenvalue weighted by Crippen LogP contribution is -2.31. The molecular weight excluding hydrogens is 276 g/mol. The van der Waals surface area contributed by atoms with Gasteiger partial charge >= 0.3 is 0 Å². The van der Waals surface area contributed by atoms with E-state index in [9.17, 15) is 9.90 Å². The van der Waals surface area contributed by atoms with E-state index in [1.807, 2.05) is 5.38 Å². The van der Waals surface area contributed by atoms with Gasteiger partial charge in [-0.1, -0.05) is 12.1 Å². The Bertz CT molecular complexity index is 572. The zero-order valence-electron chi connectivity index (χ0n) is 11.3. The van der Waals surface area contributed by atoms with E-state index in [4.69, 9.17) is 4.74 Å². The number of methoxy groups -OCH3 is 1. The third-order valence-electron chi connectivity index (χ3n) is 2.88. The molecule has 0 fully saturated rings. The summed E-state index contributed by atoms with van der Waals surface area (Å²) in [6.07, 6.45) is 0.492. The van der Waals surface area contributed by atoms with Crippen molar-refractivity contribution in [3.05, 3.63) is 46.4 Å². The van der Waals surface area contributed by atoms with Crippen LogP contribution in [-0.2, 0) is 11.3 Å². The molecule has 1 unspecified atom stereocenters. The highest BCUT2D eigenvalue weighted by Gasteiger charge is 2.22. The summed E-state index contributed by atoms with van der Waals surface area (Å²) in [6, 6.07) is 6.85. The average Bonchev–Trinajstić information content (AvgIpc) is 2.98. The quantitative estimate of drug-likeness (QED) is 0.913. The van der Waals surface area contributed by atoms with E-state index in [-0.39, 0.29) is 5.91 Å². The van der Waals surface area contributed by atoms with E-state index >= 15 is 0 Å². The Hall–Kier alpha value is -1.92. The van der Waals surface area contributed by atoms with Crippen molar-refractivity contribution in [3.63, 3.8) is 0 Å². The minimum absolute atomic E-state index is 0.367. The van der Waals surface area contributed by atoms with Crippen molar-refractivity contribution in [2.75, 3.05) is 14.2 Å². The predicted molar refractivity (Wildman–Crippen MR) is 76.5 cm³/mol. The van der Waals surface area contributed by atoms with E-state index < -0.39 is 6.10 Å². The Morgan fingerprint density at radius 2 is 2.35 bits per heavy atom. The number of thiazole rings is 1. The van der Waals surface area contributed by atoms with Gasteiger partial charge in [0, 0.05) is 18.6 Å². The second-order valence-corrected chi connectivity index (χ2v) is 5.28. The van der Waals surface area contributed by atoms with Gasteiger partial charge in [-0.15, -0.1) is 11.3 Å². The van der Waals surface area contributed by atoms with E-state index in [1.54, 1.807) is 44.6 Å². The van der Waals surface area contributed by atoms with Gasteiger partial charge < -0.3 is 14.7 Å². The maximum atomic E-state index is 12.2. The minimum atomic E-state index is -1.20. The number of carbonyl (C=O) groups excluding carboxylic acids is 1. The molecule has 20 heavy (non-hydrogen) atoms. The lowest BCUT2D eigenvalue weighted by atomic mass is 10.1. The molecule has 0 spiro atoms. The Morgan fingerprint density at radius 3 is 3.00 bits per heavy atom. The molecule has 2 aromatic rings. The van der Waals surface area contributed by atoms with Crippen LogP contribution in [0.3, 0.4) is 0 Å². The first-order valence-corrected chi connectivity index (χ1v) is 6.95. The highest BCUT2D eigenvalue weighted by atomic mass is 32.1. The topological polar surface area (TPSA) is 62.7 Å². The molecule has 1 amide bonds. The summed E-state index contributed by atoms with van der Waals surface area (Å²) in [5.41, 5.74) is 0.514. The molecule has 1 heterocycles. The molecule has 0 saturated carbocycles. The Balaban J connectivity index is 2.07. The standard InChI is InChI=1S/C14H16N2O3S/c1-16(9-12-15-6-7-20-12)14(18)13(17)10-4-3-5-11(8-10)19-2/h3-8,13,17H,9H2,1-2H3. The number of aromatic nitrogens is 1. The van der Waals surface area contributed by atoms with Gasteiger partial charge in [-0.2, -0.15) is 0 Å². The summed E-state index contributed by atoms with van der Waals surface area (Å²) in [7, 11) is 3.19. The van der Waals surface area contributed by atoms with Crippen LogP contribution >= 0.6 is 11.3 Å². The minimum Gasteiger partial charge on any atom is -0.497 e. The van der Waals surface area contributed by atoms with Crippen molar-refractivity contribution in [3.8, 4) is 5.75 Å². The number of aliphatic hydroxyl groups excluding tert-OH is 1. The van der Waals surface area contributed by atoms with Crippen molar-refractivity contribution >= 4 is 17.2 Å². The Labute approximate surface area is 121 Å². The molecule has 5 nitrogen and oxygen atoms in total. The first kappa shape index (κ1) is 14.5. The van der Waals surface area contributed by atoms with E-state index in [2.05, 4.69) is 4.98 Å². The molecule has 1 N–H and O–H groups in total. The first-order chi connectivity index (χ1) is 9.61. The molecule has 2 rings (SSSR count). The third kappa shape index (κ3) is 3.34. The number of rotatable bonds is 5. The fourth-order valence-electron chi connectivity index (χ4n) is 1.77. The predicted octanol–water partition coefficient (Wildman–Crippen LogP) is 1.84. The van der Waals surface area contributed by atoms with Crippen molar-refractivity contribution in [2.24, 2.45) is 0 Å². The fraction of sp³-hybridized carbons (Fsp3) is 0.286. The normalized spacial score (nSPS) is 11.9. The molecule has 0 radical (unpaired) electrons. The number of carbonyl (C=O) groups is 1. The maximum Gasteiger partial charge on any atom is 0.256 e. The van der Waals surface area contributed by atoms with Gasteiger partial charge in [-0.05, 0) is 17.7 Å². The van der Waals surface area contributed by atoms with E-state index in [0.29, 0.717) is 17.9 Å². The number of aliphatic hydroxyl groups is 1. The van der Waals surface area contributed by atoms with Crippen LogP contribution in [0, 0.1) is 0 Å². The SMILES string of the molecule is COc1cccc(C(O)C(=O)N(C)Cc2nccs2)c1. The molecule has 0 aliphatic carbocycles. The van der Waals surface area contributed by atoms with Crippen molar-refractivity contribution in [1.82, 2.24) is 9.88 Å². The van der Waals surface area contributed by atoms with Crippen molar-refractivity contribution < 1.29 is 14.6 Å². The zero-order valence-corrected chi connectivity index (χ0v) is 12.1. The molecule has 0 bridgehead atoms. The number of benzene rings is 1. The summed E-state index contributed by atoms with van der Waals surface area (Å²) in [5.74, 6) is 0.241. The average molecular weight is 292 g/mol. The highest BCUT2D eigenvalue weighted by Crippen LogP contribution is 2.21. The summed E-state index contributed by atoms with van der Waals surface area (Å²) in [6.45, 7) is 0.386. The lowest BCUT2D eigenvalue weighted by molar-refractivity contribution is -0.139. The number of hydrogen-bond donors (Lipinski definition) is 1. The van der Waals surface area contributed by atoms with Crippen LogP contribution in [0.4, 0.5) is 0 Å². The van der Waals surface area contributed by atoms with Gasteiger partial charge in [0.25, 0.3) is 5.91 Å². The van der Waals surface area contributed by atoms with Gasteiger partial charge in [-0.3, -0.25) is 4.79 Å². The van der Waals surface area contributed by atoms with Crippen LogP contribution in [0.15, 0.2) is 35.8 Å². The van der Waals surface area contributed by atoms with E-state index in [0.717, 1.165) is 5.01 Å². The monoisotopic (exact) mass is 292 g/mol. The number of hydrogen-bond acceptors (Lipinski definition) is 5. The van der Waals surface area contributed by atoms with Gasteiger partial charge in [-0.25, -0.2) is 4.98 Å². The maximum absolute atomic E-state index is 12.2. The van der Waals surface area contributed by atoms with Crippen molar-refractivity contribution in [1.29, 1.82) is 0 Å². The number of ether oxygens (including phenoxy) is 1. The lowest BCUT2D eigenvalue weighted by Gasteiger charge is -2.20. The smallest absolute Gasteiger partial charge is 0.256 e. The highest BCUT2D eigenvalue weighted by molar-refractivity contribution is 7.09. The molecule has 6 heteroatoms. The summed E-state index contributed by atoms with van der Waals surface area (Å²) in [5, 5.41) is 12.8. The molecule has 1 aromatic heterocycles. The summed E-state index contributed by atoms with van der Waals surface area (Å²) >= 11 is 1.48. The van der Waals surface area contributed by atoms with Crippen LogP contribution < -0.4 is 4.74 Å². The third-order valence-corrected chi connectivity index (χ3v) is 3.64. The van der Waals surface area contributed by atoms with Crippen LogP contribution in [0.25, 0.3) is 0 Å². The summed E-state index contributed by atoms with van der Waals surface area (Å²) < 4.78 is 5.09. The molecule has 1 atom stereocenters. The van der Waals surface area contributed by atoms with Crippen LogP contribution in [0.5, 0.6) is 5.75 Å². The zero-order chi connectivity index (χ0) is 14.5. The van der Waals surface area contributed by atoms with Gasteiger partial charge in [0.1, 0.15) is 10.8 Å². The second-order valence-electron chi connectivity index (χ2n) is 4.30.